The van der Waals surface area contributed by atoms with Crippen molar-refractivity contribution in [3.63, 3.8) is 0 Å². The highest BCUT2D eigenvalue weighted by molar-refractivity contribution is 6.22. The molecule has 0 aromatic rings. The van der Waals surface area contributed by atoms with Gasteiger partial charge in [0.2, 0.25) is 0 Å². The predicted octanol–water partition coefficient (Wildman–Crippen LogP) is 1.35. The van der Waals surface area contributed by atoms with E-state index in [0.717, 1.165) is 0 Å². The number of methoxy groups -OCH3 is 1. The van der Waals surface area contributed by atoms with Crippen LogP contribution in [0.15, 0.2) is 22.8 Å². The molecule has 0 saturated carbocycles. The van der Waals surface area contributed by atoms with Crippen LogP contribution in [0.3, 0.4) is 0 Å². The summed E-state index contributed by atoms with van der Waals surface area (Å²) in [4.78, 5) is 35.1. The van der Waals surface area contributed by atoms with Gasteiger partial charge in [-0.05, 0) is 32.3 Å². The molecule has 90 valence electrons. The maximum atomic E-state index is 11.9. The maximum absolute atomic E-state index is 11.9. The van der Waals surface area contributed by atoms with Crippen LogP contribution in [0, 0.1) is 5.92 Å². The zero-order valence-electron chi connectivity index (χ0n) is 9.91. The second kappa shape index (κ2) is 4.28. The lowest BCUT2D eigenvalue weighted by Gasteiger charge is -2.26. The Morgan fingerprint density at radius 1 is 1.35 bits per heavy atom. The van der Waals surface area contributed by atoms with Crippen LogP contribution in [0.2, 0.25) is 0 Å². The minimum absolute atomic E-state index is 0.0829. The number of allylic oxidation sites excluding steroid dienone is 4. The van der Waals surface area contributed by atoms with Crippen LogP contribution < -0.4 is 0 Å². The standard InChI is InChI=1S/C13H14O4/c1-7-5-11(14)9-4-3-8(13(16)17-2)6-10(9)12(7)15/h5,8H,3-4,6H2,1-2H3. The lowest BCUT2D eigenvalue weighted by atomic mass is 9.77. The molecule has 0 bridgehead atoms. The van der Waals surface area contributed by atoms with Crippen molar-refractivity contribution in [2.24, 2.45) is 5.92 Å². The summed E-state index contributed by atoms with van der Waals surface area (Å²) in [5.74, 6) is -0.779. The lowest BCUT2D eigenvalue weighted by Crippen LogP contribution is -2.28. The van der Waals surface area contributed by atoms with Crippen molar-refractivity contribution in [1.29, 1.82) is 0 Å². The van der Waals surface area contributed by atoms with Crippen LogP contribution >= 0.6 is 0 Å². The largest absolute Gasteiger partial charge is 0.469 e. The molecule has 0 aromatic carbocycles. The summed E-state index contributed by atoms with van der Waals surface area (Å²) >= 11 is 0. The summed E-state index contributed by atoms with van der Waals surface area (Å²) in [6.45, 7) is 1.63. The molecule has 2 aliphatic carbocycles. The van der Waals surface area contributed by atoms with E-state index in [0.29, 0.717) is 36.0 Å². The first-order valence-electron chi connectivity index (χ1n) is 5.61. The Balaban J connectivity index is 2.29. The normalized spacial score (nSPS) is 24.4. The summed E-state index contributed by atoms with van der Waals surface area (Å²) in [6, 6.07) is 0. The Labute approximate surface area is 99.3 Å². The van der Waals surface area contributed by atoms with Crippen molar-refractivity contribution in [2.45, 2.75) is 26.2 Å². The van der Waals surface area contributed by atoms with E-state index in [4.69, 9.17) is 0 Å². The van der Waals surface area contributed by atoms with E-state index in [2.05, 4.69) is 4.74 Å². The number of hydrogen-bond acceptors (Lipinski definition) is 4. The van der Waals surface area contributed by atoms with Gasteiger partial charge in [0.05, 0.1) is 13.0 Å². The molecule has 2 aliphatic rings. The molecule has 0 heterocycles. The number of carbonyl (C=O) groups is 3. The lowest BCUT2D eigenvalue weighted by molar-refractivity contribution is -0.145. The number of esters is 1. The van der Waals surface area contributed by atoms with E-state index in [-0.39, 0.29) is 23.5 Å². The van der Waals surface area contributed by atoms with Crippen molar-refractivity contribution in [2.75, 3.05) is 7.11 Å². The predicted molar refractivity (Wildman–Crippen MR) is 60.2 cm³/mol. The monoisotopic (exact) mass is 234 g/mol. The van der Waals surface area contributed by atoms with E-state index in [9.17, 15) is 14.4 Å². The van der Waals surface area contributed by atoms with Crippen LogP contribution in [0.5, 0.6) is 0 Å². The van der Waals surface area contributed by atoms with Gasteiger partial charge >= 0.3 is 5.97 Å². The second-order valence-electron chi connectivity index (χ2n) is 4.44. The van der Waals surface area contributed by atoms with Crippen molar-refractivity contribution in [1.82, 2.24) is 0 Å². The fourth-order valence-corrected chi connectivity index (χ4v) is 2.40. The van der Waals surface area contributed by atoms with Gasteiger partial charge in [-0.15, -0.1) is 0 Å². The molecular formula is C13H14O4. The first-order valence-corrected chi connectivity index (χ1v) is 5.61. The van der Waals surface area contributed by atoms with Crippen LogP contribution in [0.25, 0.3) is 0 Å². The number of ether oxygens (including phenoxy) is 1. The van der Waals surface area contributed by atoms with Crippen LogP contribution in [-0.2, 0) is 19.1 Å². The molecule has 0 fully saturated rings. The number of carbonyl (C=O) groups excluding carboxylic acids is 3. The van der Waals surface area contributed by atoms with Crippen molar-refractivity contribution >= 4 is 17.5 Å². The fourth-order valence-electron chi connectivity index (χ4n) is 2.40. The van der Waals surface area contributed by atoms with Gasteiger partial charge in [0.25, 0.3) is 0 Å². The molecule has 4 nitrogen and oxygen atoms in total. The Morgan fingerprint density at radius 3 is 2.71 bits per heavy atom. The first kappa shape index (κ1) is 11.8. The summed E-state index contributed by atoms with van der Waals surface area (Å²) in [7, 11) is 1.34. The molecule has 1 atom stereocenters. The van der Waals surface area contributed by atoms with Gasteiger partial charge < -0.3 is 4.74 Å². The number of hydrogen-bond donors (Lipinski definition) is 0. The number of rotatable bonds is 1. The van der Waals surface area contributed by atoms with Gasteiger partial charge in [-0.2, -0.15) is 0 Å². The summed E-state index contributed by atoms with van der Waals surface area (Å²) in [5, 5.41) is 0. The van der Waals surface area contributed by atoms with Gasteiger partial charge in [0.15, 0.2) is 11.6 Å². The van der Waals surface area contributed by atoms with E-state index in [1.807, 2.05) is 0 Å². The van der Waals surface area contributed by atoms with Gasteiger partial charge in [0, 0.05) is 16.7 Å². The molecule has 4 heteroatoms. The Kier molecular flexibility index (Phi) is 2.96. The maximum Gasteiger partial charge on any atom is 0.309 e. The number of ketones is 2. The number of Topliss-reactive ketones (excluding diaryl/α,β-unsaturated/α-hetero) is 1. The summed E-state index contributed by atoms with van der Waals surface area (Å²) in [5.41, 5.74) is 1.55. The molecule has 0 radical (unpaired) electrons. The SMILES string of the molecule is COC(=O)C1CCC2=C(C1)C(=O)C(C)=CC2=O. The third-order valence-electron chi connectivity index (χ3n) is 3.37. The van der Waals surface area contributed by atoms with Gasteiger partial charge in [-0.25, -0.2) is 0 Å². The summed E-state index contributed by atoms with van der Waals surface area (Å²) in [6.07, 6.45) is 2.79. The van der Waals surface area contributed by atoms with Crippen LogP contribution in [0.1, 0.15) is 26.2 Å². The van der Waals surface area contributed by atoms with E-state index in [1.54, 1.807) is 6.92 Å². The van der Waals surface area contributed by atoms with E-state index < -0.39 is 0 Å². The second-order valence-corrected chi connectivity index (χ2v) is 4.44. The molecule has 0 N–H and O–H groups in total. The van der Waals surface area contributed by atoms with E-state index >= 15 is 0 Å². The zero-order valence-corrected chi connectivity index (χ0v) is 9.91. The zero-order chi connectivity index (χ0) is 12.6. The molecule has 2 rings (SSSR count). The average molecular weight is 234 g/mol. The van der Waals surface area contributed by atoms with Gasteiger partial charge in [-0.3, -0.25) is 14.4 Å². The van der Waals surface area contributed by atoms with E-state index in [1.165, 1.54) is 13.2 Å². The highest BCUT2D eigenvalue weighted by Gasteiger charge is 2.34. The van der Waals surface area contributed by atoms with Crippen molar-refractivity contribution < 1.29 is 19.1 Å². The van der Waals surface area contributed by atoms with Gasteiger partial charge in [-0.1, -0.05) is 0 Å². The molecule has 0 aromatic heterocycles. The average Bonchev–Trinajstić information content (AvgIpc) is 2.34. The minimum Gasteiger partial charge on any atom is -0.469 e. The third-order valence-corrected chi connectivity index (χ3v) is 3.37. The topological polar surface area (TPSA) is 60.4 Å². The fraction of sp³-hybridized carbons (Fsp3) is 0.462. The Bertz CT molecular complexity index is 468. The van der Waals surface area contributed by atoms with Crippen molar-refractivity contribution in [3.8, 4) is 0 Å². The smallest absolute Gasteiger partial charge is 0.309 e. The molecule has 1 unspecified atom stereocenters. The van der Waals surface area contributed by atoms with Gasteiger partial charge in [0.1, 0.15) is 0 Å². The summed E-state index contributed by atoms with van der Waals surface area (Å²) < 4.78 is 4.69. The molecule has 0 aliphatic heterocycles. The highest BCUT2D eigenvalue weighted by atomic mass is 16.5. The molecular weight excluding hydrogens is 220 g/mol. The molecule has 0 amide bonds. The van der Waals surface area contributed by atoms with Crippen molar-refractivity contribution in [3.05, 3.63) is 22.8 Å². The first-order chi connectivity index (χ1) is 8.04. The minimum atomic E-state index is -0.302. The molecule has 17 heavy (non-hydrogen) atoms. The molecule has 0 spiro atoms. The quantitative estimate of drug-likeness (QED) is 0.507. The highest BCUT2D eigenvalue weighted by Crippen LogP contribution is 2.35. The van der Waals surface area contributed by atoms with Crippen LogP contribution in [0.4, 0.5) is 0 Å². The van der Waals surface area contributed by atoms with Crippen LogP contribution in [-0.4, -0.2) is 24.6 Å². The molecule has 0 saturated heterocycles. The Morgan fingerprint density at radius 2 is 2.06 bits per heavy atom. The third kappa shape index (κ3) is 1.95. The Hall–Kier alpha value is -1.71.